The molecular formula is C12H14N4O2S. The Morgan fingerprint density at radius 2 is 1.95 bits per heavy atom. The molecular weight excluding hydrogens is 264 g/mol. The zero-order valence-electron chi connectivity index (χ0n) is 10.5. The van der Waals surface area contributed by atoms with Crippen molar-refractivity contribution in [1.82, 2.24) is 20.2 Å². The van der Waals surface area contributed by atoms with Crippen LogP contribution < -0.4 is 0 Å². The summed E-state index contributed by atoms with van der Waals surface area (Å²) < 4.78 is 22.7. The Hall–Kier alpha value is -1.76. The SMILES string of the molecule is CS(=O)(=O)c1ccc(Cn2nnc(C3CC3)n2)cc1. The molecule has 1 aromatic carbocycles. The van der Waals surface area contributed by atoms with Crippen molar-refractivity contribution in [2.45, 2.75) is 30.2 Å². The van der Waals surface area contributed by atoms with Crippen molar-refractivity contribution >= 4 is 9.84 Å². The van der Waals surface area contributed by atoms with Gasteiger partial charge in [0, 0.05) is 12.2 Å². The number of tetrazole rings is 1. The molecule has 100 valence electrons. The lowest BCUT2D eigenvalue weighted by Crippen LogP contribution is -2.05. The molecule has 2 aromatic rings. The molecule has 1 aromatic heterocycles. The lowest BCUT2D eigenvalue weighted by molar-refractivity contribution is 0.570. The minimum atomic E-state index is -3.14. The number of benzene rings is 1. The maximum absolute atomic E-state index is 11.3. The molecule has 1 heterocycles. The summed E-state index contributed by atoms with van der Waals surface area (Å²) in [6.45, 7) is 0.504. The molecule has 0 spiro atoms. The third-order valence-corrected chi connectivity index (χ3v) is 4.21. The van der Waals surface area contributed by atoms with Crippen LogP contribution in [0.1, 0.15) is 30.1 Å². The molecule has 1 aliphatic carbocycles. The molecule has 1 fully saturated rings. The lowest BCUT2D eigenvalue weighted by Gasteiger charge is -2.01. The molecule has 0 atom stereocenters. The first-order valence-corrected chi connectivity index (χ1v) is 7.98. The zero-order valence-corrected chi connectivity index (χ0v) is 11.3. The third-order valence-electron chi connectivity index (χ3n) is 3.09. The van der Waals surface area contributed by atoms with Gasteiger partial charge in [0.15, 0.2) is 15.7 Å². The summed E-state index contributed by atoms with van der Waals surface area (Å²) in [6, 6.07) is 6.75. The number of rotatable bonds is 4. The average molecular weight is 278 g/mol. The normalized spacial score (nSPS) is 15.6. The average Bonchev–Trinajstić information content (AvgIpc) is 3.10. The summed E-state index contributed by atoms with van der Waals surface area (Å²) in [5.41, 5.74) is 0.951. The molecule has 0 bridgehead atoms. The number of hydrogen-bond acceptors (Lipinski definition) is 5. The molecule has 0 aliphatic heterocycles. The van der Waals surface area contributed by atoms with E-state index in [1.54, 1.807) is 29.1 Å². The fraction of sp³-hybridized carbons (Fsp3) is 0.417. The Morgan fingerprint density at radius 3 is 2.53 bits per heavy atom. The fourth-order valence-electron chi connectivity index (χ4n) is 1.83. The van der Waals surface area contributed by atoms with Crippen LogP contribution in [-0.2, 0) is 16.4 Å². The topological polar surface area (TPSA) is 77.7 Å². The van der Waals surface area contributed by atoms with Crippen molar-refractivity contribution in [2.24, 2.45) is 0 Å². The molecule has 0 N–H and O–H groups in total. The van der Waals surface area contributed by atoms with Gasteiger partial charge in [-0.05, 0) is 35.8 Å². The highest BCUT2D eigenvalue weighted by molar-refractivity contribution is 7.90. The van der Waals surface area contributed by atoms with E-state index in [4.69, 9.17) is 0 Å². The molecule has 19 heavy (non-hydrogen) atoms. The van der Waals surface area contributed by atoms with Crippen LogP contribution >= 0.6 is 0 Å². The zero-order chi connectivity index (χ0) is 13.5. The second-order valence-electron chi connectivity index (χ2n) is 4.87. The van der Waals surface area contributed by atoms with Crippen molar-refractivity contribution in [1.29, 1.82) is 0 Å². The second kappa shape index (κ2) is 4.41. The molecule has 7 heteroatoms. The van der Waals surface area contributed by atoms with Crippen LogP contribution in [-0.4, -0.2) is 34.9 Å². The number of sulfone groups is 1. The Labute approximate surface area is 111 Å². The van der Waals surface area contributed by atoms with Gasteiger partial charge in [-0.25, -0.2) is 8.42 Å². The lowest BCUT2D eigenvalue weighted by atomic mass is 10.2. The van der Waals surface area contributed by atoms with Gasteiger partial charge in [0.05, 0.1) is 11.4 Å². The largest absolute Gasteiger partial charge is 0.224 e. The number of nitrogens with zero attached hydrogens (tertiary/aromatic N) is 4. The maximum Gasteiger partial charge on any atom is 0.177 e. The minimum Gasteiger partial charge on any atom is -0.224 e. The minimum absolute atomic E-state index is 0.321. The van der Waals surface area contributed by atoms with E-state index in [-0.39, 0.29) is 0 Å². The molecule has 0 unspecified atom stereocenters. The highest BCUT2D eigenvalue weighted by atomic mass is 32.2. The Bertz CT molecular complexity index is 687. The first-order valence-electron chi connectivity index (χ1n) is 6.09. The van der Waals surface area contributed by atoms with E-state index in [1.165, 1.54) is 6.26 Å². The molecule has 6 nitrogen and oxygen atoms in total. The van der Waals surface area contributed by atoms with Gasteiger partial charge >= 0.3 is 0 Å². The van der Waals surface area contributed by atoms with Gasteiger partial charge in [-0.2, -0.15) is 4.80 Å². The van der Waals surface area contributed by atoms with E-state index in [0.717, 1.165) is 24.2 Å². The van der Waals surface area contributed by atoms with Crippen LogP contribution in [0.5, 0.6) is 0 Å². The van der Waals surface area contributed by atoms with Gasteiger partial charge in [-0.1, -0.05) is 12.1 Å². The van der Waals surface area contributed by atoms with Gasteiger partial charge in [0.2, 0.25) is 0 Å². The highest BCUT2D eigenvalue weighted by Crippen LogP contribution is 2.37. The molecule has 0 radical (unpaired) electrons. The highest BCUT2D eigenvalue weighted by Gasteiger charge is 2.28. The van der Waals surface area contributed by atoms with Crippen molar-refractivity contribution in [3.8, 4) is 0 Å². The van der Waals surface area contributed by atoms with Crippen LogP contribution in [0.4, 0.5) is 0 Å². The molecule has 3 rings (SSSR count). The smallest absolute Gasteiger partial charge is 0.177 e. The third kappa shape index (κ3) is 2.81. The summed E-state index contributed by atoms with van der Waals surface area (Å²) in [4.78, 5) is 1.87. The predicted molar refractivity (Wildman–Crippen MR) is 68.4 cm³/mol. The Balaban J connectivity index is 1.75. The van der Waals surface area contributed by atoms with Crippen molar-refractivity contribution < 1.29 is 8.42 Å². The molecule has 0 saturated heterocycles. The number of aromatic nitrogens is 4. The van der Waals surface area contributed by atoms with Gasteiger partial charge < -0.3 is 0 Å². The van der Waals surface area contributed by atoms with Crippen LogP contribution in [0.3, 0.4) is 0 Å². The molecule has 1 aliphatic rings. The summed E-state index contributed by atoms with van der Waals surface area (Å²) in [5, 5.41) is 12.3. The van der Waals surface area contributed by atoms with Crippen LogP contribution in [0, 0.1) is 0 Å². The first kappa shape index (κ1) is 12.3. The second-order valence-corrected chi connectivity index (χ2v) is 6.88. The summed E-state index contributed by atoms with van der Waals surface area (Å²) in [5.74, 6) is 1.30. The standard InChI is InChI=1S/C12H14N4O2S/c1-19(17,18)11-6-2-9(3-7-11)8-16-14-12(13-15-16)10-4-5-10/h2-3,6-7,10H,4-5,8H2,1H3. The molecule has 0 amide bonds. The Kier molecular flexibility index (Phi) is 2.85. The number of hydrogen-bond donors (Lipinski definition) is 0. The maximum atomic E-state index is 11.3. The quantitative estimate of drug-likeness (QED) is 0.834. The monoisotopic (exact) mass is 278 g/mol. The van der Waals surface area contributed by atoms with Gasteiger partial charge in [0.1, 0.15) is 0 Å². The van der Waals surface area contributed by atoms with E-state index >= 15 is 0 Å². The predicted octanol–water partition coefficient (Wildman–Crippen LogP) is 1.00. The van der Waals surface area contributed by atoms with E-state index in [9.17, 15) is 8.42 Å². The van der Waals surface area contributed by atoms with E-state index in [0.29, 0.717) is 17.4 Å². The van der Waals surface area contributed by atoms with E-state index in [2.05, 4.69) is 15.4 Å². The van der Waals surface area contributed by atoms with E-state index < -0.39 is 9.84 Å². The van der Waals surface area contributed by atoms with Crippen molar-refractivity contribution in [2.75, 3.05) is 6.26 Å². The van der Waals surface area contributed by atoms with Crippen LogP contribution in [0.25, 0.3) is 0 Å². The van der Waals surface area contributed by atoms with E-state index in [1.807, 2.05) is 0 Å². The first-order chi connectivity index (χ1) is 9.02. The van der Waals surface area contributed by atoms with Crippen LogP contribution in [0.2, 0.25) is 0 Å². The van der Waals surface area contributed by atoms with Gasteiger partial charge in [0.25, 0.3) is 0 Å². The molecule has 1 saturated carbocycles. The van der Waals surface area contributed by atoms with Crippen molar-refractivity contribution in [3.05, 3.63) is 35.7 Å². The fourth-order valence-corrected chi connectivity index (χ4v) is 2.46. The summed E-state index contributed by atoms with van der Waals surface area (Å²) in [6.07, 6.45) is 3.49. The van der Waals surface area contributed by atoms with Crippen molar-refractivity contribution in [3.63, 3.8) is 0 Å². The van der Waals surface area contributed by atoms with Gasteiger partial charge in [-0.3, -0.25) is 0 Å². The summed E-state index contributed by atoms with van der Waals surface area (Å²) >= 11 is 0. The van der Waals surface area contributed by atoms with Gasteiger partial charge in [-0.15, -0.1) is 10.2 Å². The summed E-state index contributed by atoms with van der Waals surface area (Å²) in [7, 11) is -3.14. The van der Waals surface area contributed by atoms with Crippen LogP contribution in [0.15, 0.2) is 29.2 Å². The Morgan fingerprint density at radius 1 is 1.26 bits per heavy atom.